The molecule has 0 aliphatic heterocycles. The highest BCUT2D eigenvalue weighted by molar-refractivity contribution is 5.85. The van der Waals surface area contributed by atoms with E-state index in [4.69, 9.17) is 15.4 Å². The third-order valence-corrected chi connectivity index (χ3v) is 3.30. The second kappa shape index (κ2) is 5.17. The molecule has 0 saturated carbocycles. The molecule has 0 amide bonds. The van der Waals surface area contributed by atoms with Gasteiger partial charge in [-0.3, -0.25) is 0 Å². The fourth-order valence-corrected chi connectivity index (χ4v) is 2.27. The average molecular weight is 278 g/mol. The van der Waals surface area contributed by atoms with Gasteiger partial charge in [-0.25, -0.2) is 4.98 Å². The first kappa shape index (κ1) is 13.0. The Morgan fingerprint density at radius 1 is 1.24 bits per heavy atom. The van der Waals surface area contributed by atoms with Gasteiger partial charge in [0, 0.05) is 7.05 Å². The summed E-state index contributed by atoms with van der Waals surface area (Å²) in [5.41, 5.74) is 9.29. The van der Waals surface area contributed by atoms with Crippen LogP contribution in [0.5, 0.6) is 0 Å². The summed E-state index contributed by atoms with van der Waals surface area (Å²) in [5, 5.41) is 9.15. The summed E-state index contributed by atoms with van der Waals surface area (Å²) in [6, 6.07) is 15.1. The maximum atomic E-state index is 9.15. The van der Waals surface area contributed by atoms with E-state index in [0.717, 1.165) is 5.69 Å². The van der Waals surface area contributed by atoms with Gasteiger partial charge >= 0.3 is 0 Å². The molecule has 5 heteroatoms. The summed E-state index contributed by atoms with van der Waals surface area (Å²) in [6.07, 6.45) is 0. The van der Waals surface area contributed by atoms with Crippen molar-refractivity contribution < 1.29 is 4.42 Å². The van der Waals surface area contributed by atoms with E-state index in [9.17, 15) is 0 Å². The van der Waals surface area contributed by atoms with Gasteiger partial charge in [-0.1, -0.05) is 18.2 Å². The predicted octanol–water partition coefficient (Wildman–Crippen LogP) is 2.92. The van der Waals surface area contributed by atoms with Crippen LogP contribution >= 0.6 is 0 Å². The Bertz CT molecular complexity index is 832. The Labute approximate surface area is 122 Å². The van der Waals surface area contributed by atoms with E-state index in [1.165, 1.54) is 0 Å². The van der Waals surface area contributed by atoms with Gasteiger partial charge in [0.15, 0.2) is 5.58 Å². The summed E-state index contributed by atoms with van der Waals surface area (Å²) < 4.78 is 5.70. The number of anilines is 2. The molecule has 0 radical (unpaired) electrons. The van der Waals surface area contributed by atoms with Crippen LogP contribution in [0.25, 0.3) is 11.1 Å². The summed E-state index contributed by atoms with van der Waals surface area (Å²) in [5.74, 6) is 0.568. The fourth-order valence-electron chi connectivity index (χ4n) is 2.27. The van der Waals surface area contributed by atoms with E-state index in [1.807, 2.05) is 42.3 Å². The fraction of sp³-hybridized carbons (Fsp3) is 0.125. The van der Waals surface area contributed by atoms with Crippen molar-refractivity contribution in [3.8, 4) is 6.07 Å². The van der Waals surface area contributed by atoms with Crippen molar-refractivity contribution >= 4 is 22.5 Å². The largest absolute Gasteiger partial charge is 0.439 e. The van der Waals surface area contributed by atoms with Crippen LogP contribution in [0.3, 0.4) is 0 Å². The van der Waals surface area contributed by atoms with E-state index in [-0.39, 0.29) is 0 Å². The Balaban J connectivity index is 1.91. The smallest absolute Gasteiger partial charge is 0.215 e. The van der Waals surface area contributed by atoms with Gasteiger partial charge in [0.2, 0.25) is 5.89 Å². The van der Waals surface area contributed by atoms with Gasteiger partial charge < -0.3 is 15.1 Å². The highest BCUT2D eigenvalue weighted by Crippen LogP contribution is 2.24. The molecule has 3 rings (SSSR count). The first-order valence-corrected chi connectivity index (χ1v) is 6.53. The Morgan fingerprint density at radius 2 is 2.05 bits per heavy atom. The van der Waals surface area contributed by atoms with Gasteiger partial charge in [0.05, 0.1) is 23.5 Å². The molecule has 0 fully saturated rings. The van der Waals surface area contributed by atoms with Crippen molar-refractivity contribution in [2.75, 3.05) is 17.7 Å². The van der Waals surface area contributed by atoms with E-state index >= 15 is 0 Å². The lowest BCUT2D eigenvalue weighted by atomic mass is 10.2. The SMILES string of the molecule is CN(Cc1nc2c(N)cccc2o1)c1ccccc1C#N. The zero-order valence-electron chi connectivity index (χ0n) is 11.6. The molecule has 0 saturated heterocycles. The molecular formula is C16H14N4O. The first-order chi connectivity index (χ1) is 10.2. The summed E-state index contributed by atoms with van der Waals surface area (Å²) >= 11 is 0. The third-order valence-electron chi connectivity index (χ3n) is 3.30. The number of nitriles is 1. The number of oxazole rings is 1. The van der Waals surface area contributed by atoms with Gasteiger partial charge in [-0.05, 0) is 24.3 Å². The molecular weight excluding hydrogens is 264 g/mol. The number of hydrogen-bond acceptors (Lipinski definition) is 5. The predicted molar refractivity (Wildman–Crippen MR) is 81.7 cm³/mol. The lowest BCUT2D eigenvalue weighted by Crippen LogP contribution is -2.17. The van der Waals surface area contributed by atoms with E-state index in [2.05, 4.69) is 11.1 Å². The number of hydrogen-bond donors (Lipinski definition) is 1. The van der Waals surface area contributed by atoms with Crippen molar-refractivity contribution in [1.29, 1.82) is 5.26 Å². The van der Waals surface area contributed by atoms with Gasteiger partial charge in [-0.2, -0.15) is 5.26 Å². The van der Waals surface area contributed by atoms with Crippen LogP contribution in [0.15, 0.2) is 46.9 Å². The van der Waals surface area contributed by atoms with Crippen LogP contribution in [0.4, 0.5) is 11.4 Å². The monoisotopic (exact) mass is 278 g/mol. The zero-order chi connectivity index (χ0) is 14.8. The van der Waals surface area contributed by atoms with Crippen molar-refractivity contribution in [3.63, 3.8) is 0 Å². The summed E-state index contributed by atoms with van der Waals surface area (Å²) in [7, 11) is 1.90. The number of nitrogens with two attached hydrogens (primary N) is 1. The van der Waals surface area contributed by atoms with E-state index < -0.39 is 0 Å². The van der Waals surface area contributed by atoms with E-state index in [0.29, 0.717) is 34.8 Å². The molecule has 1 aromatic heterocycles. The molecule has 0 aliphatic carbocycles. The standard InChI is InChI=1S/C16H14N4O/c1-20(13-7-3-2-5-11(13)9-17)10-15-19-16-12(18)6-4-8-14(16)21-15/h2-8H,10,18H2,1H3. The topological polar surface area (TPSA) is 79.1 Å². The Kier molecular flexibility index (Phi) is 3.20. The zero-order valence-corrected chi connectivity index (χ0v) is 11.6. The summed E-state index contributed by atoms with van der Waals surface area (Å²) in [6.45, 7) is 0.465. The Hall–Kier alpha value is -3.00. The molecule has 104 valence electrons. The van der Waals surface area contributed by atoms with E-state index in [1.54, 1.807) is 12.1 Å². The quantitative estimate of drug-likeness (QED) is 0.745. The van der Waals surface area contributed by atoms with Crippen LogP contribution in [0, 0.1) is 11.3 Å². The highest BCUT2D eigenvalue weighted by Gasteiger charge is 2.12. The minimum Gasteiger partial charge on any atom is -0.439 e. The van der Waals surface area contributed by atoms with Crippen LogP contribution in [0.1, 0.15) is 11.5 Å². The second-order valence-corrected chi connectivity index (χ2v) is 4.79. The number of nitrogen functional groups attached to an aromatic ring is 1. The van der Waals surface area contributed by atoms with Crippen molar-refractivity contribution in [2.45, 2.75) is 6.54 Å². The van der Waals surface area contributed by atoms with Crippen LogP contribution in [-0.2, 0) is 6.54 Å². The van der Waals surface area contributed by atoms with Crippen LogP contribution in [0.2, 0.25) is 0 Å². The van der Waals surface area contributed by atoms with Crippen molar-refractivity contribution in [1.82, 2.24) is 4.98 Å². The molecule has 1 heterocycles. The molecule has 0 aliphatic rings. The van der Waals surface area contributed by atoms with Crippen molar-refractivity contribution in [3.05, 3.63) is 53.9 Å². The molecule has 21 heavy (non-hydrogen) atoms. The lowest BCUT2D eigenvalue weighted by molar-refractivity contribution is 0.527. The highest BCUT2D eigenvalue weighted by atomic mass is 16.3. The number of nitrogens with zero attached hydrogens (tertiary/aromatic N) is 3. The number of benzene rings is 2. The maximum Gasteiger partial charge on any atom is 0.215 e. The van der Waals surface area contributed by atoms with Crippen LogP contribution < -0.4 is 10.6 Å². The first-order valence-electron chi connectivity index (χ1n) is 6.53. The van der Waals surface area contributed by atoms with Crippen LogP contribution in [-0.4, -0.2) is 12.0 Å². The maximum absolute atomic E-state index is 9.15. The Morgan fingerprint density at radius 3 is 2.81 bits per heavy atom. The third kappa shape index (κ3) is 2.39. The minimum absolute atomic E-state index is 0.465. The molecule has 3 aromatic rings. The second-order valence-electron chi connectivity index (χ2n) is 4.79. The van der Waals surface area contributed by atoms with Gasteiger partial charge in [-0.15, -0.1) is 0 Å². The molecule has 0 spiro atoms. The number of rotatable bonds is 3. The average Bonchev–Trinajstić information content (AvgIpc) is 2.91. The normalized spacial score (nSPS) is 10.5. The van der Waals surface area contributed by atoms with Crippen molar-refractivity contribution in [2.24, 2.45) is 0 Å². The van der Waals surface area contributed by atoms with Gasteiger partial charge in [0.1, 0.15) is 11.6 Å². The molecule has 0 atom stereocenters. The number of aromatic nitrogens is 1. The number of fused-ring (bicyclic) bond motifs is 1. The molecule has 2 N–H and O–H groups in total. The summed E-state index contributed by atoms with van der Waals surface area (Å²) in [4.78, 5) is 6.35. The molecule has 0 unspecified atom stereocenters. The number of para-hydroxylation sites is 2. The minimum atomic E-state index is 0.465. The molecule has 0 bridgehead atoms. The lowest BCUT2D eigenvalue weighted by Gasteiger charge is -2.18. The molecule has 2 aromatic carbocycles. The molecule has 5 nitrogen and oxygen atoms in total. The van der Waals surface area contributed by atoms with Gasteiger partial charge in [0.25, 0.3) is 0 Å².